The number of anilines is 1. The lowest BCUT2D eigenvalue weighted by atomic mass is 10.0. The fraction of sp³-hybridized carbons (Fsp3) is 0.462. The molecule has 1 saturated carbocycles. The molecular formula is C13H16BrNO2. The number of carboxylic acids is 1. The molecule has 92 valence electrons. The third-order valence-corrected chi connectivity index (χ3v) is 4.17. The molecule has 17 heavy (non-hydrogen) atoms. The number of para-hydroxylation sites is 1. The fourth-order valence-electron chi connectivity index (χ4n) is 1.99. The topological polar surface area (TPSA) is 40.5 Å². The van der Waals surface area contributed by atoms with E-state index in [1.54, 1.807) is 0 Å². The lowest BCUT2D eigenvalue weighted by molar-refractivity contribution is -0.143. The van der Waals surface area contributed by atoms with Crippen molar-refractivity contribution >= 4 is 27.6 Å². The van der Waals surface area contributed by atoms with Crippen molar-refractivity contribution in [1.29, 1.82) is 0 Å². The van der Waals surface area contributed by atoms with Gasteiger partial charge in [-0.05, 0) is 47.3 Å². The van der Waals surface area contributed by atoms with Gasteiger partial charge in [-0.3, -0.25) is 4.79 Å². The molecule has 0 bridgehead atoms. The van der Waals surface area contributed by atoms with E-state index in [0.29, 0.717) is 0 Å². The van der Waals surface area contributed by atoms with Gasteiger partial charge in [0.05, 0.1) is 11.1 Å². The van der Waals surface area contributed by atoms with Crippen LogP contribution in [-0.2, 0) is 4.79 Å². The van der Waals surface area contributed by atoms with Crippen molar-refractivity contribution in [1.82, 2.24) is 0 Å². The quantitative estimate of drug-likeness (QED) is 0.908. The van der Waals surface area contributed by atoms with Crippen LogP contribution in [0.3, 0.4) is 0 Å². The molecule has 0 atom stereocenters. The summed E-state index contributed by atoms with van der Waals surface area (Å²) in [4.78, 5) is 13.2. The van der Waals surface area contributed by atoms with Gasteiger partial charge < -0.3 is 10.0 Å². The van der Waals surface area contributed by atoms with Gasteiger partial charge in [0.15, 0.2) is 0 Å². The number of benzene rings is 1. The van der Waals surface area contributed by atoms with E-state index < -0.39 is 11.4 Å². The Hall–Kier alpha value is -1.03. The minimum absolute atomic E-state index is 0.435. The number of aliphatic carboxylic acids is 1. The summed E-state index contributed by atoms with van der Waals surface area (Å²) >= 11 is 3.50. The van der Waals surface area contributed by atoms with Crippen LogP contribution in [0.15, 0.2) is 28.7 Å². The minimum atomic E-state index is -0.641. The molecule has 3 nitrogen and oxygen atoms in total. The maximum Gasteiger partial charge on any atom is 0.309 e. The summed E-state index contributed by atoms with van der Waals surface area (Å²) in [6.45, 7) is 0.773. The summed E-state index contributed by atoms with van der Waals surface area (Å²) < 4.78 is 1.04. The Morgan fingerprint density at radius 2 is 2.12 bits per heavy atom. The first-order valence-electron chi connectivity index (χ1n) is 5.74. The third-order valence-electron chi connectivity index (χ3n) is 3.50. The summed E-state index contributed by atoms with van der Waals surface area (Å²) in [5.74, 6) is -0.641. The first kappa shape index (κ1) is 12.4. The van der Waals surface area contributed by atoms with Crippen LogP contribution in [0.25, 0.3) is 0 Å². The van der Waals surface area contributed by atoms with Crippen molar-refractivity contribution in [3.63, 3.8) is 0 Å². The Balaban J connectivity index is 1.97. The summed E-state index contributed by atoms with van der Waals surface area (Å²) in [6, 6.07) is 7.99. The highest BCUT2D eigenvalue weighted by molar-refractivity contribution is 9.10. The van der Waals surface area contributed by atoms with Gasteiger partial charge in [-0.2, -0.15) is 0 Å². The molecule has 2 rings (SSSR count). The summed E-state index contributed by atoms with van der Waals surface area (Å²) in [5, 5.41) is 9.11. The first-order valence-corrected chi connectivity index (χ1v) is 6.53. The van der Waals surface area contributed by atoms with E-state index in [9.17, 15) is 4.79 Å². The largest absolute Gasteiger partial charge is 0.481 e. The maximum absolute atomic E-state index is 11.1. The molecule has 0 aromatic heterocycles. The maximum atomic E-state index is 11.1. The SMILES string of the molecule is CN(CCC1(C(=O)O)CC1)c1ccccc1Br. The highest BCUT2D eigenvalue weighted by Crippen LogP contribution is 2.49. The molecule has 1 fully saturated rings. The molecule has 0 amide bonds. The average Bonchev–Trinajstić information content (AvgIpc) is 3.07. The Morgan fingerprint density at radius 1 is 1.47 bits per heavy atom. The average molecular weight is 298 g/mol. The molecule has 0 spiro atoms. The Morgan fingerprint density at radius 3 is 2.65 bits per heavy atom. The van der Waals surface area contributed by atoms with E-state index in [0.717, 1.165) is 36.0 Å². The van der Waals surface area contributed by atoms with Crippen molar-refractivity contribution in [2.75, 3.05) is 18.5 Å². The molecule has 1 aliphatic rings. The van der Waals surface area contributed by atoms with Crippen molar-refractivity contribution in [3.8, 4) is 0 Å². The lowest BCUT2D eigenvalue weighted by Crippen LogP contribution is -2.25. The van der Waals surface area contributed by atoms with Crippen molar-refractivity contribution in [2.45, 2.75) is 19.3 Å². The number of carbonyl (C=O) groups is 1. The highest BCUT2D eigenvalue weighted by atomic mass is 79.9. The van der Waals surface area contributed by atoms with Gasteiger partial charge in [0.2, 0.25) is 0 Å². The van der Waals surface area contributed by atoms with Gasteiger partial charge in [-0.25, -0.2) is 0 Å². The van der Waals surface area contributed by atoms with Crippen molar-refractivity contribution < 1.29 is 9.90 Å². The molecule has 4 heteroatoms. The molecule has 0 saturated heterocycles. The van der Waals surface area contributed by atoms with E-state index in [2.05, 4.69) is 20.8 Å². The normalized spacial score (nSPS) is 16.6. The van der Waals surface area contributed by atoms with Crippen LogP contribution >= 0.6 is 15.9 Å². The van der Waals surface area contributed by atoms with Crippen molar-refractivity contribution in [3.05, 3.63) is 28.7 Å². The third kappa shape index (κ3) is 2.63. The van der Waals surface area contributed by atoms with Crippen molar-refractivity contribution in [2.24, 2.45) is 5.41 Å². The minimum Gasteiger partial charge on any atom is -0.481 e. The number of carboxylic acid groups (broad SMARTS) is 1. The molecule has 1 aliphatic carbocycles. The van der Waals surface area contributed by atoms with Gasteiger partial charge in [-0.1, -0.05) is 12.1 Å². The van der Waals surface area contributed by atoms with Crippen LogP contribution in [0.4, 0.5) is 5.69 Å². The molecule has 0 heterocycles. The zero-order valence-corrected chi connectivity index (χ0v) is 11.4. The Bertz CT molecular complexity index is 429. The number of hydrogen-bond acceptors (Lipinski definition) is 2. The summed E-state index contributed by atoms with van der Waals surface area (Å²) in [5.41, 5.74) is 0.670. The van der Waals surface area contributed by atoms with Gasteiger partial charge in [-0.15, -0.1) is 0 Å². The van der Waals surface area contributed by atoms with Gasteiger partial charge >= 0.3 is 5.97 Å². The van der Waals surface area contributed by atoms with Crippen LogP contribution in [-0.4, -0.2) is 24.7 Å². The molecule has 0 radical (unpaired) electrons. The molecule has 1 aromatic carbocycles. The second kappa shape index (κ2) is 4.69. The number of halogens is 1. The Kier molecular flexibility index (Phi) is 3.43. The monoisotopic (exact) mass is 297 g/mol. The van der Waals surface area contributed by atoms with Crippen LogP contribution < -0.4 is 4.90 Å². The van der Waals surface area contributed by atoms with Crippen LogP contribution in [0.2, 0.25) is 0 Å². The molecular weight excluding hydrogens is 282 g/mol. The Labute approximate surface area is 110 Å². The highest BCUT2D eigenvalue weighted by Gasteiger charge is 2.49. The zero-order chi connectivity index (χ0) is 12.5. The standard InChI is InChI=1S/C13H16BrNO2/c1-15(11-5-3-2-4-10(11)14)9-8-13(6-7-13)12(16)17/h2-5H,6-9H2,1H3,(H,16,17). The van der Waals surface area contributed by atoms with E-state index in [1.807, 2.05) is 31.3 Å². The fourth-order valence-corrected chi connectivity index (χ4v) is 2.57. The van der Waals surface area contributed by atoms with Gasteiger partial charge in [0, 0.05) is 18.1 Å². The van der Waals surface area contributed by atoms with Crippen LogP contribution in [0.5, 0.6) is 0 Å². The van der Waals surface area contributed by atoms with E-state index in [1.165, 1.54) is 0 Å². The lowest BCUT2D eigenvalue weighted by Gasteiger charge is -2.22. The van der Waals surface area contributed by atoms with Crippen LogP contribution in [0, 0.1) is 5.41 Å². The molecule has 1 N–H and O–H groups in total. The molecule has 0 unspecified atom stereocenters. The number of hydrogen-bond donors (Lipinski definition) is 1. The predicted octanol–water partition coefficient (Wildman–Crippen LogP) is 3.14. The summed E-state index contributed by atoms with van der Waals surface area (Å²) in [6.07, 6.45) is 2.37. The van der Waals surface area contributed by atoms with E-state index >= 15 is 0 Å². The van der Waals surface area contributed by atoms with E-state index in [-0.39, 0.29) is 0 Å². The molecule has 0 aliphatic heterocycles. The number of nitrogens with zero attached hydrogens (tertiary/aromatic N) is 1. The second-order valence-corrected chi connectivity index (χ2v) is 5.56. The predicted molar refractivity (Wildman–Crippen MR) is 71.3 cm³/mol. The summed E-state index contributed by atoms with van der Waals surface area (Å²) in [7, 11) is 2.00. The van der Waals surface area contributed by atoms with E-state index in [4.69, 9.17) is 5.11 Å². The molecule has 1 aromatic rings. The van der Waals surface area contributed by atoms with Crippen LogP contribution in [0.1, 0.15) is 19.3 Å². The smallest absolute Gasteiger partial charge is 0.309 e. The first-order chi connectivity index (χ1) is 8.05. The number of rotatable bonds is 5. The van der Waals surface area contributed by atoms with Gasteiger partial charge in [0.25, 0.3) is 0 Å². The second-order valence-electron chi connectivity index (χ2n) is 4.71. The zero-order valence-electron chi connectivity index (χ0n) is 9.82. The van der Waals surface area contributed by atoms with Gasteiger partial charge in [0.1, 0.15) is 0 Å².